The molecule has 122 valence electrons. The smallest absolute Gasteiger partial charge is 0.248 e. The summed E-state index contributed by atoms with van der Waals surface area (Å²) in [5.74, 6) is 0.870. The van der Waals surface area contributed by atoms with Crippen molar-refractivity contribution in [3.8, 4) is 22.9 Å². The summed E-state index contributed by atoms with van der Waals surface area (Å²) in [7, 11) is 0. The van der Waals surface area contributed by atoms with E-state index >= 15 is 0 Å². The van der Waals surface area contributed by atoms with Crippen molar-refractivity contribution in [1.82, 2.24) is 10.2 Å². The second-order valence-electron chi connectivity index (χ2n) is 6.00. The predicted molar refractivity (Wildman–Crippen MR) is 93.4 cm³/mol. The zero-order valence-corrected chi connectivity index (χ0v) is 13.9. The highest BCUT2D eigenvalue weighted by molar-refractivity contribution is 5.92. The molecule has 1 N–H and O–H groups in total. The molecule has 1 amide bonds. The molecule has 0 aliphatic heterocycles. The van der Waals surface area contributed by atoms with Crippen LogP contribution in [0.3, 0.4) is 0 Å². The first-order valence-electron chi connectivity index (χ1n) is 7.85. The van der Waals surface area contributed by atoms with E-state index in [0.717, 1.165) is 16.8 Å². The maximum Gasteiger partial charge on any atom is 0.248 e. The summed E-state index contributed by atoms with van der Waals surface area (Å²) in [6.07, 6.45) is 0. The molecule has 0 radical (unpaired) electrons. The number of anilines is 1. The Labute approximate surface area is 140 Å². The normalized spacial score (nSPS) is 10.8. The molecule has 5 nitrogen and oxygen atoms in total. The Bertz CT molecular complexity index is 834. The van der Waals surface area contributed by atoms with Crippen LogP contribution >= 0.6 is 0 Å². The van der Waals surface area contributed by atoms with Gasteiger partial charge in [-0.25, -0.2) is 0 Å². The summed E-state index contributed by atoms with van der Waals surface area (Å²) in [5, 5.41) is 11.1. The highest BCUT2D eigenvalue weighted by atomic mass is 16.4. The fourth-order valence-corrected chi connectivity index (χ4v) is 2.14. The summed E-state index contributed by atoms with van der Waals surface area (Å²) in [4.78, 5) is 11.7. The molecule has 0 unspecified atom stereocenters. The van der Waals surface area contributed by atoms with Crippen LogP contribution in [0.25, 0.3) is 22.9 Å². The molecular formula is C19H19N3O2. The molecular weight excluding hydrogens is 302 g/mol. The number of rotatable bonds is 4. The molecule has 5 heteroatoms. The molecule has 0 saturated heterocycles. The van der Waals surface area contributed by atoms with E-state index in [1.54, 1.807) is 0 Å². The van der Waals surface area contributed by atoms with Crippen LogP contribution in [0.15, 0.2) is 52.9 Å². The highest BCUT2D eigenvalue weighted by Crippen LogP contribution is 2.25. The number of nitrogens with zero attached hydrogens (tertiary/aromatic N) is 2. The summed E-state index contributed by atoms with van der Waals surface area (Å²) in [5.41, 5.74) is 3.62. The Hall–Kier alpha value is -2.95. The number of hydrogen-bond donors (Lipinski definition) is 1. The van der Waals surface area contributed by atoms with Crippen LogP contribution in [-0.2, 0) is 4.79 Å². The average Bonchev–Trinajstić information content (AvgIpc) is 3.06. The van der Waals surface area contributed by atoms with E-state index in [4.69, 9.17) is 4.42 Å². The van der Waals surface area contributed by atoms with E-state index < -0.39 is 0 Å². The van der Waals surface area contributed by atoms with Crippen molar-refractivity contribution in [1.29, 1.82) is 0 Å². The first-order valence-corrected chi connectivity index (χ1v) is 7.85. The van der Waals surface area contributed by atoms with Crippen LogP contribution in [0.4, 0.5) is 5.69 Å². The van der Waals surface area contributed by atoms with Crippen LogP contribution in [0.1, 0.15) is 19.4 Å². The van der Waals surface area contributed by atoms with Gasteiger partial charge in [-0.05, 0) is 43.3 Å². The number of carbonyl (C=O) groups is 1. The van der Waals surface area contributed by atoms with E-state index in [9.17, 15) is 4.79 Å². The third-order valence-electron chi connectivity index (χ3n) is 3.65. The lowest BCUT2D eigenvalue weighted by Gasteiger charge is -2.07. The van der Waals surface area contributed by atoms with Gasteiger partial charge < -0.3 is 9.73 Å². The molecule has 24 heavy (non-hydrogen) atoms. The summed E-state index contributed by atoms with van der Waals surface area (Å²) >= 11 is 0. The van der Waals surface area contributed by atoms with Crippen molar-refractivity contribution in [3.05, 3.63) is 54.1 Å². The number of aryl methyl sites for hydroxylation is 1. The molecule has 3 aromatic rings. The predicted octanol–water partition coefficient (Wildman–Crippen LogP) is 4.31. The summed E-state index contributed by atoms with van der Waals surface area (Å²) < 4.78 is 5.75. The van der Waals surface area contributed by atoms with Crippen molar-refractivity contribution in [2.75, 3.05) is 5.32 Å². The molecule has 0 bridgehead atoms. The van der Waals surface area contributed by atoms with Crippen molar-refractivity contribution >= 4 is 11.6 Å². The number of aromatic nitrogens is 2. The van der Waals surface area contributed by atoms with E-state index in [0.29, 0.717) is 11.8 Å². The molecule has 0 aliphatic carbocycles. The lowest BCUT2D eigenvalue weighted by atomic mass is 10.1. The lowest BCUT2D eigenvalue weighted by Crippen LogP contribution is -2.17. The minimum Gasteiger partial charge on any atom is -0.416 e. The molecule has 0 fully saturated rings. The fraction of sp³-hybridized carbons (Fsp3) is 0.211. The molecule has 0 spiro atoms. The van der Waals surface area contributed by atoms with Crippen LogP contribution in [0.5, 0.6) is 0 Å². The van der Waals surface area contributed by atoms with Gasteiger partial charge in [0.15, 0.2) is 0 Å². The van der Waals surface area contributed by atoms with Crippen molar-refractivity contribution < 1.29 is 9.21 Å². The second kappa shape index (κ2) is 6.66. The van der Waals surface area contributed by atoms with E-state index in [1.165, 1.54) is 5.56 Å². The highest BCUT2D eigenvalue weighted by Gasteiger charge is 2.11. The number of benzene rings is 2. The molecule has 0 atom stereocenters. The standard InChI is InChI=1S/C19H19N3O2/c1-12(2)17(23)20-16-10-8-15(9-11-16)19-22-21-18(24-19)14-6-4-13(3)5-7-14/h4-12H,1-3H3,(H,20,23). The van der Waals surface area contributed by atoms with Gasteiger partial charge >= 0.3 is 0 Å². The topological polar surface area (TPSA) is 68.0 Å². The Balaban J connectivity index is 1.78. The maximum atomic E-state index is 11.7. The SMILES string of the molecule is Cc1ccc(-c2nnc(-c3ccc(NC(=O)C(C)C)cc3)o2)cc1. The van der Waals surface area contributed by atoms with Gasteiger partial charge in [0.25, 0.3) is 0 Å². The largest absolute Gasteiger partial charge is 0.416 e. The molecule has 1 aromatic heterocycles. The van der Waals surface area contributed by atoms with E-state index in [2.05, 4.69) is 15.5 Å². The molecule has 3 rings (SSSR count). The Morgan fingerprint density at radius 2 is 1.42 bits per heavy atom. The van der Waals surface area contributed by atoms with Gasteiger partial charge in [-0.15, -0.1) is 10.2 Å². The minimum absolute atomic E-state index is 0.0119. The van der Waals surface area contributed by atoms with Gasteiger partial charge in [0.05, 0.1) is 0 Å². The van der Waals surface area contributed by atoms with Gasteiger partial charge in [-0.3, -0.25) is 4.79 Å². The first kappa shape index (κ1) is 15.9. The summed E-state index contributed by atoms with van der Waals surface area (Å²) in [6, 6.07) is 15.3. The zero-order valence-electron chi connectivity index (χ0n) is 13.9. The number of hydrogen-bond acceptors (Lipinski definition) is 4. The zero-order chi connectivity index (χ0) is 17.1. The van der Waals surface area contributed by atoms with Crippen LogP contribution < -0.4 is 5.32 Å². The van der Waals surface area contributed by atoms with Gasteiger partial charge in [-0.1, -0.05) is 31.5 Å². The average molecular weight is 321 g/mol. The van der Waals surface area contributed by atoms with Crippen molar-refractivity contribution in [2.45, 2.75) is 20.8 Å². The van der Waals surface area contributed by atoms with Crippen molar-refractivity contribution in [2.24, 2.45) is 5.92 Å². The van der Waals surface area contributed by atoms with E-state index in [-0.39, 0.29) is 11.8 Å². The van der Waals surface area contributed by atoms with Gasteiger partial charge in [0.1, 0.15) is 0 Å². The molecule has 0 saturated carbocycles. The Morgan fingerprint density at radius 1 is 0.917 bits per heavy atom. The Kier molecular flexibility index (Phi) is 4.42. The maximum absolute atomic E-state index is 11.7. The van der Waals surface area contributed by atoms with Crippen LogP contribution in [0, 0.1) is 12.8 Å². The minimum atomic E-state index is -0.0577. The van der Waals surface area contributed by atoms with Crippen molar-refractivity contribution in [3.63, 3.8) is 0 Å². The monoisotopic (exact) mass is 321 g/mol. The molecule has 1 heterocycles. The number of nitrogens with one attached hydrogen (secondary N) is 1. The van der Waals surface area contributed by atoms with E-state index in [1.807, 2.05) is 69.3 Å². The molecule has 2 aromatic carbocycles. The lowest BCUT2D eigenvalue weighted by molar-refractivity contribution is -0.118. The third-order valence-corrected chi connectivity index (χ3v) is 3.65. The quantitative estimate of drug-likeness (QED) is 0.777. The van der Waals surface area contributed by atoms with Gasteiger partial charge in [0.2, 0.25) is 17.7 Å². The second-order valence-corrected chi connectivity index (χ2v) is 6.00. The fourth-order valence-electron chi connectivity index (χ4n) is 2.14. The van der Waals surface area contributed by atoms with Crippen LogP contribution in [0.2, 0.25) is 0 Å². The summed E-state index contributed by atoms with van der Waals surface area (Å²) in [6.45, 7) is 5.74. The molecule has 0 aliphatic rings. The Morgan fingerprint density at radius 3 is 1.92 bits per heavy atom. The van der Waals surface area contributed by atoms with Crippen LogP contribution in [-0.4, -0.2) is 16.1 Å². The number of amides is 1. The third kappa shape index (κ3) is 3.51. The van der Waals surface area contributed by atoms with Gasteiger partial charge in [-0.2, -0.15) is 0 Å². The van der Waals surface area contributed by atoms with Gasteiger partial charge in [0, 0.05) is 22.7 Å². The number of carbonyl (C=O) groups excluding carboxylic acids is 1. The first-order chi connectivity index (χ1) is 11.5.